The van der Waals surface area contributed by atoms with E-state index in [0.29, 0.717) is 10.9 Å². The average molecular weight is 307 g/mol. The lowest BCUT2D eigenvalue weighted by Crippen LogP contribution is -2.43. The van der Waals surface area contributed by atoms with Crippen LogP contribution in [0.4, 0.5) is 0 Å². The Labute approximate surface area is 129 Å². The fraction of sp³-hybridized carbons (Fsp3) is 0.500. The molecule has 1 heterocycles. The van der Waals surface area contributed by atoms with Crippen LogP contribution in [0, 0.1) is 5.92 Å². The number of aliphatic imine (C=N–C) groups is 1. The largest absolute Gasteiger partial charge is 0.467 e. The van der Waals surface area contributed by atoms with Crippen molar-refractivity contribution in [2.45, 2.75) is 31.3 Å². The van der Waals surface area contributed by atoms with Gasteiger partial charge >= 0.3 is 5.97 Å². The number of hydrogen-bond donors (Lipinski definition) is 0. The van der Waals surface area contributed by atoms with E-state index in [0.717, 1.165) is 12.1 Å². The Morgan fingerprint density at radius 3 is 2.67 bits per heavy atom. The zero-order chi connectivity index (χ0) is 15.0. The minimum Gasteiger partial charge on any atom is -0.467 e. The molecule has 0 amide bonds. The number of methoxy groups -OCH3 is 1. The van der Waals surface area contributed by atoms with Crippen molar-refractivity contribution in [3.63, 3.8) is 0 Å². The molecule has 2 unspecified atom stereocenters. The van der Waals surface area contributed by atoms with Crippen molar-refractivity contribution in [1.82, 2.24) is 4.90 Å². The number of rotatable bonds is 4. The van der Waals surface area contributed by atoms with Gasteiger partial charge in [-0.1, -0.05) is 23.7 Å². The highest BCUT2D eigenvalue weighted by Crippen LogP contribution is 2.42. The quantitative estimate of drug-likeness (QED) is 0.803. The zero-order valence-corrected chi connectivity index (χ0v) is 13.0. The van der Waals surface area contributed by atoms with Crippen LogP contribution < -0.4 is 0 Å². The molecule has 21 heavy (non-hydrogen) atoms. The molecule has 1 fully saturated rings. The minimum absolute atomic E-state index is 0.136. The second-order valence-corrected chi connectivity index (χ2v) is 6.41. The number of carbonyl (C=O) groups excluding carboxylic acids is 1. The van der Waals surface area contributed by atoms with Gasteiger partial charge in [-0.3, -0.25) is 4.99 Å². The van der Waals surface area contributed by atoms with Crippen molar-refractivity contribution in [1.29, 1.82) is 0 Å². The van der Waals surface area contributed by atoms with E-state index in [4.69, 9.17) is 16.3 Å². The number of benzene rings is 1. The molecule has 1 aliphatic heterocycles. The summed E-state index contributed by atoms with van der Waals surface area (Å²) >= 11 is 5.97. The smallest absolute Gasteiger partial charge is 0.336 e. The number of hydrogen-bond acceptors (Lipinski definition) is 4. The lowest BCUT2D eigenvalue weighted by atomic mass is 9.87. The summed E-state index contributed by atoms with van der Waals surface area (Å²) in [5, 5.41) is 0.686. The predicted molar refractivity (Wildman–Crippen MR) is 82.5 cm³/mol. The maximum atomic E-state index is 12.2. The summed E-state index contributed by atoms with van der Waals surface area (Å²) in [7, 11) is 1.41. The summed E-state index contributed by atoms with van der Waals surface area (Å²) in [5.41, 5.74) is 0.128. The highest BCUT2D eigenvalue weighted by Gasteiger charge is 2.50. The van der Waals surface area contributed by atoms with Crippen LogP contribution in [0.1, 0.15) is 31.4 Å². The van der Waals surface area contributed by atoms with E-state index in [1.54, 1.807) is 6.34 Å². The second-order valence-electron chi connectivity index (χ2n) is 5.98. The molecular weight excluding hydrogens is 288 g/mol. The SMILES string of the molecule is COC(=O)C1(C)N=CN(CC2CC2)C1c1ccc(Cl)cc1. The van der Waals surface area contributed by atoms with Crippen LogP contribution in [0.2, 0.25) is 5.02 Å². The minimum atomic E-state index is -0.905. The summed E-state index contributed by atoms with van der Waals surface area (Å²) in [4.78, 5) is 18.9. The summed E-state index contributed by atoms with van der Waals surface area (Å²) in [6, 6.07) is 7.48. The van der Waals surface area contributed by atoms with Gasteiger partial charge in [0.25, 0.3) is 0 Å². The van der Waals surface area contributed by atoms with Gasteiger partial charge in [0, 0.05) is 11.6 Å². The van der Waals surface area contributed by atoms with E-state index < -0.39 is 5.54 Å². The summed E-state index contributed by atoms with van der Waals surface area (Å²) in [5.74, 6) is 0.406. The molecule has 1 aliphatic carbocycles. The average Bonchev–Trinajstić information content (AvgIpc) is 3.23. The van der Waals surface area contributed by atoms with Gasteiger partial charge in [0.1, 0.15) is 0 Å². The first-order valence-corrected chi connectivity index (χ1v) is 7.57. The van der Waals surface area contributed by atoms with Crippen molar-refractivity contribution >= 4 is 23.9 Å². The first kappa shape index (κ1) is 14.4. The standard InChI is InChI=1S/C16H19ClN2O2/c1-16(15(20)21-2)14(12-5-7-13(17)8-6-12)19(10-18-16)9-11-3-4-11/h5-8,10-11,14H,3-4,9H2,1-2H3. The molecule has 0 bridgehead atoms. The molecule has 0 aromatic heterocycles. The van der Waals surface area contributed by atoms with Crippen LogP contribution in [-0.2, 0) is 9.53 Å². The highest BCUT2D eigenvalue weighted by atomic mass is 35.5. The van der Waals surface area contributed by atoms with Gasteiger partial charge in [0.05, 0.1) is 19.5 Å². The monoisotopic (exact) mass is 306 g/mol. The van der Waals surface area contributed by atoms with Gasteiger partial charge in [0.15, 0.2) is 5.54 Å². The fourth-order valence-electron chi connectivity index (χ4n) is 2.94. The Morgan fingerprint density at radius 2 is 2.10 bits per heavy atom. The Balaban J connectivity index is 1.95. The topological polar surface area (TPSA) is 41.9 Å². The van der Waals surface area contributed by atoms with Crippen molar-refractivity contribution in [3.05, 3.63) is 34.9 Å². The molecule has 112 valence electrons. The Hall–Kier alpha value is -1.55. The van der Waals surface area contributed by atoms with Gasteiger partial charge in [-0.15, -0.1) is 0 Å². The molecule has 3 rings (SSSR count). The molecule has 5 heteroatoms. The van der Waals surface area contributed by atoms with Gasteiger partial charge < -0.3 is 9.64 Å². The van der Waals surface area contributed by atoms with E-state index in [9.17, 15) is 4.79 Å². The van der Waals surface area contributed by atoms with E-state index in [1.807, 2.05) is 31.2 Å². The Morgan fingerprint density at radius 1 is 1.43 bits per heavy atom. The third kappa shape index (κ3) is 2.64. The van der Waals surface area contributed by atoms with Gasteiger partial charge in [-0.2, -0.15) is 0 Å². The van der Waals surface area contributed by atoms with Crippen LogP contribution in [0.5, 0.6) is 0 Å². The van der Waals surface area contributed by atoms with Gasteiger partial charge in [-0.25, -0.2) is 4.79 Å². The molecule has 2 aliphatic rings. The van der Waals surface area contributed by atoms with Crippen molar-refractivity contribution < 1.29 is 9.53 Å². The van der Waals surface area contributed by atoms with E-state index in [-0.39, 0.29) is 12.0 Å². The maximum absolute atomic E-state index is 12.2. The van der Waals surface area contributed by atoms with Crippen molar-refractivity contribution in [2.24, 2.45) is 10.9 Å². The van der Waals surface area contributed by atoms with E-state index in [1.165, 1.54) is 20.0 Å². The Kier molecular flexibility index (Phi) is 3.66. The van der Waals surface area contributed by atoms with E-state index >= 15 is 0 Å². The molecule has 2 atom stereocenters. The third-order valence-electron chi connectivity index (χ3n) is 4.29. The van der Waals surface area contributed by atoms with Crippen LogP contribution >= 0.6 is 11.6 Å². The molecule has 1 aromatic carbocycles. The maximum Gasteiger partial charge on any atom is 0.336 e. The molecule has 0 N–H and O–H groups in total. The summed E-state index contributed by atoms with van der Waals surface area (Å²) in [6.07, 6.45) is 4.31. The normalized spacial score (nSPS) is 28.0. The Bertz CT molecular complexity index is 568. The summed E-state index contributed by atoms with van der Waals surface area (Å²) < 4.78 is 4.98. The van der Waals surface area contributed by atoms with Crippen LogP contribution in [0.3, 0.4) is 0 Å². The number of carbonyl (C=O) groups is 1. The molecule has 0 saturated heterocycles. The van der Waals surface area contributed by atoms with Crippen LogP contribution in [-0.4, -0.2) is 36.4 Å². The van der Waals surface area contributed by atoms with Gasteiger partial charge in [-0.05, 0) is 43.4 Å². The van der Waals surface area contributed by atoms with E-state index in [2.05, 4.69) is 9.89 Å². The molecule has 1 saturated carbocycles. The number of esters is 1. The fourth-order valence-corrected chi connectivity index (χ4v) is 3.06. The predicted octanol–water partition coefficient (Wildman–Crippen LogP) is 3.07. The molecule has 0 radical (unpaired) electrons. The molecule has 0 spiro atoms. The first-order valence-electron chi connectivity index (χ1n) is 7.19. The second kappa shape index (κ2) is 5.34. The van der Waals surface area contributed by atoms with Crippen molar-refractivity contribution in [2.75, 3.05) is 13.7 Å². The number of ether oxygens (including phenoxy) is 1. The van der Waals surface area contributed by atoms with Crippen LogP contribution in [0.15, 0.2) is 29.3 Å². The third-order valence-corrected chi connectivity index (χ3v) is 4.54. The summed E-state index contributed by atoms with van der Waals surface area (Å²) in [6.45, 7) is 2.77. The van der Waals surface area contributed by atoms with Gasteiger partial charge in [0.2, 0.25) is 0 Å². The lowest BCUT2D eigenvalue weighted by Gasteiger charge is -2.33. The molecular formula is C16H19ClN2O2. The highest BCUT2D eigenvalue weighted by molar-refractivity contribution is 6.30. The number of nitrogens with zero attached hydrogens (tertiary/aromatic N) is 2. The first-order chi connectivity index (χ1) is 10.0. The molecule has 4 nitrogen and oxygen atoms in total. The number of halogens is 1. The van der Waals surface area contributed by atoms with Crippen LogP contribution in [0.25, 0.3) is 0 Å². The molecule has 1 aromatic rings. The zero-order valence-electron chi connectivity index (χ0n) is 12.3. The van der Waals surface area contributed by atoms with Crippen molar-refractivity contribution in [3.8, 4) is 0 Å². The lowest BCUT2D eigenvalue weighted by molar-refractivity contribution is -0.147.